The lowest BCUT2D eigenvalue weighted by Crippen LogP contribution is -2.54. The van der Waals surface area contributed by atoms with E-state index >= 15 is 0 Å². The van der Waals surface area contributed by atoms with Crippen LogP contribution < -0.4 is 5.32 Å². The van der Waals surface area contributed by atoms with Gasteiger partial charge in [-0.2, -0.15) is 0 Å². The maximum absolute atomic E-state index is 4.13. The van der Waals surface area contributed by atoms with Crippen LogP contribution in [-0.4, -0.2) is 12.1 Å². The van der Waals surface area contributed by atoms with E-state index in [2.05, 4.69) is 39.9 Å². The SMILES string of the molecule is CC1CCC(NC2C3(C)CCC(C3)C2(C)C)CC1C. The first-order valence-corrected chi connectivity index (χ1v) is 8.59. The van der Waals surface area contributed by atoms with Crippen LogP contribution >= 0.6 is 0 Å². The molecule has 3 fully saturated rings. The van der Waals surface area contributed by atoms with Crippen LogP contribution in [0.2, 0.25) is 0 Å². The van der Waals surface area contributed by atoms with Crippen LogP contribution in [0, 0.1) is 28.6 Å². The Morgan fingerprint density at radius 3 is 2.26 bits per heavy atom. The maximum atomic E-state index is 4.13. The van der Waals surface area contributed by atoms with Crippen molar-refractivity contribution in [3.63, 3.8) is 0 Å². The zero-order chi connectivity index (χ0) is 13.8. The predicted molar refractivity (Wildman–Crippen MR) is 82.1 cm³/mol. The molecule has 110 valence electrons. The lowest BCUT2D eigenvalue weighted by atomic mass is 9.67. The van der Waals surface area contributed by atoms with Gasteiger partial charge in [0.25, 0.3) is 0 Å². The van der Waals surface area contributed by atoms with Crippen molar-refractivity contribution in [2.24, 2.45) is 28.6 Å². The summed E-state index contributed by atoms with van der Waals surface area (Å²) in [6, 6.07) is 1.54. The first-order chi connectivity index (χ1) is 8.83. The quantitative estimate of drug-likeness (QED) is 0.767. The van der Waals surface area contributed by atoms with Gasteiger partial charge in [0, 0.05) is 12.1 Å². The van der Waals surface area contributed by atoms with E-state index in [-0.39, 0.29) is 0 Å². The molecule has 19 heavy (non-hydrogen) atoms. The molecule has 6 unspecified atom stereocenters. The van der Waals surface area contributed by atoms with Gasteiger partial charge in [0.1, 0.15) is 0 Å². The van der Waals surface area contributed by atoms with Crippen molar-refractivity contribution >= 4 is 0 Å². The molecule has 3 aliphatic rings. The second kappa shape index (κ2) is 4.48. The summed E-state index contributed by atoms with van der Waals surface area (Å²) in [5, 5.41) is 4.13. The molecule has 6 atom stereocenters. The Kier molecular flexibility index (Phi) is 3.28. The second-order valence-electron chi connectivity index (χ2n) is 8.98. The molecule has 3 rings (SSSR count). The van der Waals surface area contributed by atoms with E-state index in [0.29, 0.717) is 10.8 Å². The number of rotatable bonds is 2. The average molecular weight is 263 g/mol. The van der Waals surface area contributed by atoms with Crippen molar-refractivity contribution < 1.29 is 0 Å². The zero-order valence-electron chi connectivity index (χ0n) is 13.6. The van der Waals surface area contributed by atoms with Crippen LogP contribution in [0.15, 0.2) is 0 Å². The Bertz CT molecular complexity index is 343. The predicted octanol–water partition coefficient (Wildman–Crippen LogP) is 4.62. The molecule has 1 nitrogen and oxygen atoms in total. The van der Waals surface area contributed by atoms with Gasteiger partial charge >= 0.3 is 0 Å². The van der Waals surface area contributed by atoms with Crippen LogP contribution in [0.25, 0.3) is 0 Å². The Hall–Kier alpha value is -0.0400. The van der Waals surface area contributed by atoms with Crippen LogP contribution in [-0.2, 0) is 0 Å². The first kappa shape index (κ1) is 13.9. The Labute approximate surface area is 119 Å². The molecule has 2 bridgehead atoms. The van der Waals surface area contributed by atoms with E-state index in [1.54, 1.807) is 0 Å². The molecule has 0 amide bonds. The zero-order valence-corrected chi connectivity index (χ0v) is 13.6. The molecule has 3 saturated carbocycles. The fraction of sp³-hybridized carbons (Fsp3) is 1.00. The molecule has 0 aromatic heterocycles. The van der Waals surface area contributed by atoms with Crippen molar-refractivity contribution in [1.82, 2.24) is 5.32 Å². The van der Waals surface area contributed by atoms with E-state index in [4.69, 9.17) is 0 Å². The molecule has 0 aromatic carbocycles. The maximum Gasteiger partial charge on any atom is 0.0177 e. The Morgan fingerprint density at radius 2 is 1.68 bits per heavy atom. The van der Waals surface area contributed by atoms with Gasteiger partial charge in [0.2, 0.25) is 0 Å². The topological polar surface area (TPSA) is 12.0 Å². The number of fused-ring (bicyclic) bond motifs is 2. The molecule has 0 radical (unpaired) electrons. The molecule has 0 heterocycles. The van der Waals surface area contributed by atoms with E-state index in [1.807, 2.05) is 0 Å². The summed E-state index contributed by atoms with van der Waals surface area (Å²) in [6.45, 7) is 12.5. The molecule has 0 spiro atoms. The van der Waals surface area contributed by atoms with Crippen molar-refractivity contribution in [3.8, 4) is 0 Å². The summed E-state index contributed by atoms with van der Waals surface area (Å²) in [5.74, 6) is 2.80. The third-order valence-corrected chi connectivity index (χ3v) is 7.27. The largest absolute Gasteiger partial charge is 0.310 e. The highest BCUT2D eigenvalue weighted by molar-refractivity contribution is 5.12. The van der Waals surface area contributed by atoms with Gasteiger partial charge in [-0.25, -0.2) is 0 Å². The molecule has 0 aromatic rings. The molecule has 3 aliphatic carbocycles. The summed E-state index contributed by atoms with van der Waals surface area (Å²) in [6.07, 6.45) is 8.62. The standard InChI is InChI=1S/C18H33N/c1-12-6-7-15(10-13(12)2)19-16-17(3,4)14-8-9-18(16,5)11-14/h12-16,19H,6-11H2,1-5H3. The number of nitrogens with one attached hydrogen (secondary N) is 1. The van der Waals surface area contributed by atoms with Crippen molar-refractivity contribution in [3.05, 3.63) is 0 Å². The van der Waals surface area contributed by atoms with Gasteiger partial charge in [-0.3, -0.25) is 0 Å². The van der Waals surface area contributed by atoms with Crippen LogP contribution in [0.5, 0.6) is 0 Å². The van der Waals surface area contributed by atoms with Gasteiger partial charge in [-0.1, -0.05) is 34.6 Å². The molecule has 1 N–H and O–H groups in total. The molecular formula is C18H33N. The van der Waals surface area contributed by atoms with Gasteiger partial charge in [-0.05, 0) is 67.1 Å². The van der Waals surface area contributed by atoms with E-state index in [1.165, 1.54) is 38.5 Å². The van der Waals surface area contributed by atoms with E-state index < -0.39 is 0 Å². The average Bonchev–Trinajstić information content (AvgIpc) is 2.80. The van der Waals surface area contributed by atoms with Crippen LogP contribution in [0.1, 0.15) is 73.1 Å². The van der Waals surface area contributed by atoms with Gasteiger partial charge in [-0.15, -0.1) is 0 Å². The lowest BCUT2D eigenvalue weighted by molar-refractivity contribution is 0.0830. The lowest BCUT2D eigenvalue weighted by Gasteiger charge is -2.46. The van der Waals surface area contributed by atoms with E-state index in [0.717, 1.165) is 29.8 Å². The Morgan fingerprint density at radius 1 is 0.947 bits per heavy atom. The highest BCUT2D eigenvalue weighted by Gasteiger charge is 2.59. The minimum Gasteiger partial charge on any atom is -0.310 e. The molecule has 0 saturated heterocycles. The van der Waals surface area contributed by atoms with Gasteiger partial charge in [0.05, 0.1) is 0 Å². The minimum atomic E-state index is 0.513. The van der Waals surface area contributed by atoms with Crippen molar-refractivity contribution in [2.45, 2.75) is 85.2 Å². The van der Waals surface area contributed by atoms with Gasteiger partial charge in [0.15, 0.2) is 0 Å². The third-order valence-electron chi connectivity index (χ3n) is 7.27. The van der Waals surface area contributed by atoms with E-state index in [9.17, 15) is 0 Å². The van der Waals surface area contributed by atoms with Crippen molar-refractivity contribution in [1.29, 1.82) is 0 Å². The number of hydrogen-bond donors (Lipinski definition) is 1. The Balaban J connectivity index is 1.69. The smallest absolute Gasteiger partial charge is 0.0177 e. The van der Waals surface area contributed by atoms with Crippen LogP contribution in [0.3, 0.4) is 0 Å². The monoisotopic (exact) mass is 263 g/mol. The molecule has 1 heteroatoms. The highest BCUT2D eigenvalue weighted by atomic mass is 15.0. The van der Waals surface area contributed by atoms with Crippen LogP contribution in [0.4, 0.5) is 0 Å². The molecule has 0 aliphatic heterocycles. The fourth-order valence-electron chi connectivity index (χ4n) is 5.65. The summed E-state index contributed by atoms with van der Waals surface area (Å²) in [7, 11) is 0. The molecular weight excluding hydrogens is 230 g/mol. The summed E-state index contributed by atoms with van der Waals surface area (Å²) >= 11 is 0. The first-order valence-electron chi connectivity index (χ1n) is 8.59. The summed E-state index contributed by atoms with van der Waals surface area (Å²) in [5.41, 5.74) is 1.10. The number of hydrogen-bond acceptors (Lipinski definition) is 1. The second-order valence-corrected chi connectivity index (χ2v) is 8.98. The third kappa shape index (κ3) is 2.17. The normalized spacial score (nSPS) is 52.6. The highest BCUT2D eigenvalue weighted by Crippen LogP contribution is 2.62. The fourth-order valence-corrected chi connectivity index (χ4v) is 5.65. The summed E-state index contributed by atoms with van der Waals surface area (Å²) < 4.78 is 0. The summed E-state index contributed by atoms with van der Waals surface area (Å²) in [4.78, 5) is 0. The van der Waals surface area contributed by atoms with Gasteiger partial charge < -0.3 is 5.32 Å². The minimum absolute atomic E-state index is 0.513. The van der Waals surface area contributed by atoms with Crippen molar-refractivity contribution in [2.75, 3.05) is 0 Å².